The standard InChI is InChI=1S/C17H27FN2/c1-3-20(16-7-5-4-6-8-16)13-15-11-14(12-19-2)9-10-17(15)18/h9-11,16,19H,3-8,12-13H2,1-2H3. The van der Waals surface area contributed by atoms with Crippen molar-refractivity contribution in [2.45, 2.75) is 58.2 Å². The molecule has 3 heteroatoms. The van der Waals surface area contributed by atoms with Gasteiger partial charge in [0.2, 0.25) is 0 Å². The van der Waals surface area contributed by atoms with Crippen LogP contribution in [0.25, 0.3) is 0 Å². The summed E-state index contributed by atoms with van der Waals surface area (Å²) < 4.78 is 14.0. The first-order valence-electron chi connectivity index (χ1n) is 7.90. The number of halogens is 1. The molecule has 0 bridgehead atoms. The third-order valence-electron chi connectivity index (χ3n) is 4.36. The van der Waals surface area contributed by atoms with E-state index in [0.717, 1.165) is 30.8 Å². The maximum absolute atomic E-state index is 14.0. The molecule has 0 radical (unpaired) electrons. The molecule has 0 atom stereocenters. The molecule has 0 aromatic heterocycles. The quantitative estimate of drug-likeness (QED) is 0.853. The van der Waals surface area contributed by atoms with E-state index in [0.29, 0.717) is 6.04 Å². The molecular formula is C17H27FN2. The summed E-state index contributed by atoms with van der Waals surface area (Å²) in [5.41, 5.74) is 1.99. The van der Waals surface area contributed by atoms with Gasteiger partial charge in [0.25, 0.3) is 0 Å². The van der Waals surface area contributed by atoms with Gasteiger partial charge in [-0.2, -0.15) is 0 Å². The molecule has 0 spiro atoms. The van der Waals surface area contributed by atoms with Gasteiger partial charge in [0.05, 0.1) is 0 Å². The second-order valence-electron chi connectivity index (χ2n) is 5.81. The Hall–Kier alpha value is -0.930. The lowest BCUT2D eigenvalue weighted by atomic mass is 9.93. The predicted octanol–water partition coefficient (Wildman–Crippen LogP) is 3.70. The Labute approximate surface area is 122 Å². The lowest BCUT2D eigenvalue weighted by Crippen LogP contribution is -2.36. The minimum absolute atomic E-state index is 0.0703. The first kappa shape index (κ1) is 15.5. The van der Waals surface area contributed by atoms with E-state index in [1.807, 2.05) is 19.2 Å². The summed E-state index contributed by atoms with van der Waals surface area (Å²) in [6.45, 7) is 4.72. The van der Waals surface area contributed by atoms with Gasteiger partial charge in [-0.25, -0.2) is 4.39 Å². The van der Waals surface area contributed by atoms with Gasteiger partial charge in [-0.05, 0) is 38.1 Å². The molecule has 1 fully saturated rings. The minimum atomic E-state index is -0.0703. The van der Waals surface area contributed by atoms with E-state index in [1.54, 1.807) is 6.07 Å². The zero-order valence-electron chi connectivity index (χ0n) is 12.8. The number of benzene rings is 1. The fraction of sp³-hybridized carbons (Fsp3) is 0.647. The van der Waals surface area contributed by atoms with Gasteiger partial charge in [-0.1, -0.05) is 38.3 Å². The fourth-order valence-corrected chi connectivity index (χ4v) is 3.23. The smallest absolute Gasteiger partial charge is 0.127 e. The Balaban J connectivity index is 2.07. The van der Waals surface area contributed by atoms with Crippen molar-refractivity contribution >= 4 is 0 Å². The first-order chi connectivity index (χ1) is 9.74. The lowest BCUT2D eigenvalue weighted by Gasteiger charge is -2.33. The summed E-state index contributed by atoms with van der Waals surface area (Å²) in [5.74, 6) is -0.0703. The number of nitrogens with one attached hydrogen (secondary N) is 1. The van der Waals surface area contributed by atoms with Crippen molar-refractivity contribution in [3.05, 3.63) is 35.1 Å². The van der Waals surface area contributed by atoms with Gasteiger partial charge in [0.1, 0.15) is 5.82 Å². The molecular weight excluding hydrogens is 251 g/mol. The second kappa shape index (κ2) is 7.75. The van der Waals surface area contributed by atoms with Crippen molar-refractivity contribution in [2.75, 3.05) is 13.6 Å². The summed E-state index contributed by atoms with van der Waals surface area (Å²) in [4.78, 5) is 2.45. The van der Waals surface area contributed by atoms with E-state index >= 15 is 0 Å². The van der Waals surface area contributed by atoms with Crippen molar-refractivity contribution in [1.29, 1.82) is 0 Å². The normalized spacial score (nSPS) is 16.8. The van der Waals surface area contributed by atoms with Gasteiger partial charge in [0, 0.05) is 24.7 Å². The number of nitrogens with zero attached hydrogens (tertiary/aromatic N) is 1. The molecule has 0 heterocycles. The van der Waals surface area contributed by atoms with E-state index in [4.69, 9.17) is 0 Å². The van der Waals surface area contributed by atoms with Crippen LogP contribution in [0, 0.1) is 5.82 Å². The zero-order chi connectivity index (χ0) is 14.4. The molecule has 20 heavy (non-hydrogen) atoms. The monoisotopic (exact) mass is 278 g/mol. The summed E-state index contributed by atoms with van der Waals surface area (Å²) in [6.07, 6.45) is 6.55. The van der Waals surface area contributed by atoms with Gasteiger partial charge in [-0.3, -0.25) is 4.90 Å². The van der Waals surface area contributed by atoms with Crippen LogP contribution in [0.3, 0.4) is 0 Å². The Morgan fingerprint density at radius 2 is 2.00 bits per heavy atom. The maximum atomic E-state index is 14.0. The average Bonchev–Trinajstić information content (AvgIpc) is 2.49. The molecule has 2 rings (SSSR count). The van der Waals surface area contributed by atoms with E-state index < -0.39 is 0 Å². The average molecular weight is 278 g/mol. The molecule has 1 saturated carbocycles. The molecule has 112 valence electrons. The second-order valence-corrected chi connectivity index (χ2v) is 5.81. The molecule has 1 aromatic rings. The van der Waals surface area contributed by atoms with E-state index in [2.05, 4.69) is 17.1 Å². The van der Waals surface area contributed by atoms with Crippen LogP contribution in [-0.2, 0) is 13.1 Å². The van der Waals surface area contributed by atoms with E-state index in [9.17, 15) is 4.39 Å². The molecule has 0 aliphatic heterocycles. The van der Waals surface area contributed by atoms with Gasteiger partial charge in [-0.15, -0.1) is 0 Å². The topological polar surface area (TPSA) is 15.3 Å². The van der Waals surface area contributed by atoms with Crippen LogP contribution in [0.2, 0.25) is 0 Å². The minimum Gasteiger partial charge on any atom is -0.316 e. The van der Waals surface area contributed by atoms with Crippen molar-refractivity contribution in [3.63, 3.8) is 0 Å². The van der Waals surface area contributed by atoms with Crippen LogP contribution in [0.1, 0.15) is 50.2 Å². The number of hydrogen-bond acceptors (Lipinski definition) is 2. The fourth-order valence-electron chi connectivity index (χ4n) is 3.23. The van der Waals surface area contributed by atoms with Crippen LogP contribution in [0.5, 0.6) is 0 Å². The van der Waals surface area contributed by atoms with E-state index in [1.165, 1.54) is 32.1 Å². The van der Waals surface area contributed by atoms with Crippen LogP contribution in [0.4, 0.5) is 4.39 Å². The number of hydrogen-bond donors (Lipinski definition) is 1. The van der Waals surface area contributed by atoms with Crippen molar-refractivity contribution < 1.29 is 4.39 Å². The van der Waals surface area contributed by atoms with E-state index in [-0.39, 0.29) is 5.82 Å². The summed E-state index contributed by atoms with van der Waals surface area (Å²) in [7, 11) is 1.92. The third-order valence-corrected chi connectivity index (χ3v) is 4.36. The van der Waals surface area contributed by atoms with Crippen molar-refractivity contribution in [2.24, 2.45) is 0 Å². The highest BCUT2D eigenvalue weighted by atomic mass is 19.1. The Morgan fingerprint density at radius 1 is 1.25 bits per heavy atom. The zero-order valence-corrected chi connectivity index (χ0v) is 12.8. The first-order valence-corrected chi connectivity index (χ1v) is 7.90. The Kier molecular flexibility index (Phi) is 5.99. The maximum Gasteiger partial charge on any atom is 0.127 e. The highest BCUT2D eigenvalue weighted by Crippen LogP contribution is 2.24. The summed E-state index contributed by atoms with van der Waals surface area (Å²) >= 11 is 0. The molecule has 1 N–H and O–H groups in total. The predicted molar refractivity (Wildman–Crippen MR) is 82.1 cm³/mol. The van der Waals surface area contributed by atoms with Crippen LogP contribution >= 0.6 is 0 Å². The highest BCUT2D eigenvalue weighted by Gasteiger charge is 2.20. The molecule has 2 nitrogen and oxygen atoms in total. The molecule has 1 aromatic carbocycles. The van der Waals surface area contributed by atoms with Crippen molar-refractivity contribution in [3.8, 4) is 0 Å². The van der Waals surface area contributed by atoms with Crippen molar-refractivity contribution in [1.82, 2.24) is 10.2 Å². The molecule has 1 aliphatic carbocycles. The molecule has 0 saturated heterocycles. The van der Waals surface area contributed by atoms with Crippen LogP contribution in [-0.4, -0.2) is 24.5 Å². The van der Waals surface area contributed by atoms with Gasteiger partial charge < -0.3 is 5.32 Å². The Bertz CT molecular complexity index is 413. The Morgan fingerprint density at radius 3 is 2.65 bits per heavy atom. The van der Waals surface area contributed by atoms with Crippen LogP contribution < -0.4 is 5.32 Å². The molecule has 0 amide bonds. The summed E-state index contributed by atoms with van der Waals surface area (Å²) in [5, 5.41) is 3.13. The third kappa shape index (κ3) is 4.03. The van der Waals surface area contributed by atoms with Crippen LogP contribution in [0.15, 0.2) is 18.2 Å². The van der Waals surface area contributed by atoms with Gasteiger partial charge >= 0.3 is 0 Å². The number of rotatable bonds is 6. The molecule has 1 aliphatic rings. The SMILES string of the molecule is CCN(Cc1cc(CNC)ccc1F)C1CCCCC1. The largest absolute Gasteiger partial charge is 0.316 e. The lowest BCUT2D eigenvalue weighted by molar-refractivity contribution is 0.154. The van der Waals surface area contributed by atoms with Gasteiger partial charge in [0.15, 0.2) is 0 Å². The highest BCUT2D eigenvalue weighted by molar-refractivity contribution is 5.25. The summed E-state index contributed by atoms with van der Waals surface area (Å²) in [6, 6.07) is 6.13. The molecule has 0 unspecified atom stereocenters.